The number of anilines is 1. The number of benzene rings is 1. The van der Waals surface area contributed by atoms with Gasteiger partial charge in [0.1, 0.15) is 0 Å². The van der Waals surface area contributed by atoms with E-state index in [2.05, 4.69) is 48.5 Å². The molecule has 0 saturated carbocycles. The summed E-state index contributed by atoms with van der Waals surface area (Å²) >= 11 is 0. The number of rotatable bonds is 4. The summed E-state index contributed by atoms with van der Waals surface area (Å²) in [5.41, 5.74) is 2.96. The number of hydrogen-bond donors (Lipinski definition) is 1. The van der Waals surface area contributed by atoms with Crippen molar-refractivity contribution >= 4 is 5.69 Å². The monoisotopic (exact) mass is 218 g/mol. The Morgan fingerprint density at radius 1 is 1.38 bits per heavy atom. The lowest BCUT2D eigenvalue weighted by Gasteiger charge is -2.34. The summed E-state index contributed by atoms with van der Waals surface area (Å²) in [5.74, 6) is 0. The molecule has 88 valence electrons. The number of nitrogens with zero attached hydrogens (tertiary/aromatic N) is 1. The molecular weight excluding hydrogens is 196 g/mol. The van der Waals surface area contributed by atoms with Gasteiger partial charge in [-0.2, -0.15) is 0 Å². The van der Waals surface area contributed by atoms with Gasteiger partial charge in [-0.25, -0.2) is 0 Å². The molecule has 0 radical (unpaired) electrons. The minimum absolute atomic E-state index is 0.603. The zero-order chi connectivity index (χ0) is 11.4. The first kappa shape index (κ1) is 11.5. The number of fused-ring (bicyclic) bond motifs is 1. The molecule has 1 aliphatic heterocycles. The van der Waals surface area contributed by atoms with Crippen molar-refractivity contribution in [1.29, 1.82) is 0 Å². The van der Waals surface area contributed by atoms with E-state index in [1.807, 2.05) is 0 Å². The largest absolute Gasteiger partial charge is 0.370 e. The minimum Gasteiger partial charge on any atom is -0.370 e. The molecule has 0 saturated heterocycles. The minimum atomic E-state index is 0.603. The van der Waals surface area contributed by atoms with E-state index in [1.165, 1.54) is 37.1 Å². The standard InChI is InChI=1S/C14H22N2/c1-3-13(15-2)11-16-10-6-8-12-7-4-5-9-14(12)16/h4-5,7,9,13,15H,3,6,8,10-11H2,1-2H3. The van der Waals surface area contributed by atoms with Gasteiger partial charge in [0.15, 0.2) is 0 Å². The van der Waals surface area contributed by atoms with Gasteiger partial charge >= 0.3 is 0 Å². The Balaban J connectivity index is 2.12. The zero-order valence-corrected chi connectivity index (χ0v) is 10.4. The van der Waals surface area contributed by atoms with E-state index in [0.717, 1.165) is 6.54 Å². The highest BCUT2D eigenvalue weighted by Gasteiger charge is 2.18. The summed E-state index contributed by atoms with van der Waals surface area (Å²) in [6.07, 6.45) is 3.72. The van der Waals surface area contributed by atoms with Gasteiger partial charge in [-0.15, -0.1) is 0 Å². The van der Waals surface area contributed by atoms with Crippen LogP contribution >= 0.6 is 0 Å². The molecular formula is C14H22N2. The van der Waals surface area contributed by atoms with Crippen LogP contribution < -0.4 is 10.2 Å². The van der Waals surface area contributed by atoms with E-state index >= 15 is 0 Å². The van der Waals surface area contributed by atoms with Gasteiger partial charge in [-0.3, -0.25) is 0 Å². The predicted octanol–water partition coefficient (Wildman–Crippen LogP) is 2.44. The van der Waals surface area contributed by atoms with Crippen LogP contribution in [-0.2, 0) is 6.42 Å². The van der Waals surface area contributed by atoms with Gasteiger partial charge in [-0.05, 0) is 37.9 Å². The molecule has 0 fully saturated rings. The smallest absolute Gasteiger partial charge is 0.0399 e. The van der Waals surface area contributed by atoms with E-state index < -0.39 is 0 Å². The molecule has 1 aromatic carbocycles. The van der Waals surface area contributed by atoms with Gasteiger partial charge in [0.05, 0.1) is 0 Å². The third-order valence-corrected chi connectivity index (χ3v) is 3.55. The summed E-state index contributed by atoms with van der Waals surface area (Å²) in [5, 5.41) is 3.39. The van der Waals surface area contributed by atoms with Gasteiger partial charge in [-0.1, -0.05) is 25.1 Å². The summed E-state index contributed by atoms with van der Waals surface area (Å²) < 4.78 is 0. The topological polar surface area (TPSA) is 15.3 Å². The maximum Gasteiger partial charge on any atom is 0.0399 e. The number of hydrogen-bond acceptors (Lipinski definition) is 2. The van der Waals surface area contributed by atoms with Gasteiger partial charge < -0.3 is 10.2 Å². The molecule has 2 nitrogen and oxygen atoms in total. The van der Waals surface area contributed by atoms with Crippen LogP contribution in [0.5, 0.6) is 0 Å². The van der Waals surface area contributed by atoms with Crippen LogP contribution in [0, 0.1) is 0 Å². The molecule has 1 aromatic rings. The van der Waals surface area contributed by atoms with Crippen LogP contribution in [0.1, 0.15) is 25.3 Å². The van der Waals surface area contributed by atoms with Crippen molar-refractivity contribution in [2.45, 2.75) is 32.2 Å². The van der Waals surface area contributed by atoms with E-state index in [0.29, 0.717) is 6.04 Å². The van der Waals surface area contributed by atoms with E-state index in [4.69, 9.17) is 0 Å². The molecule has 1 N–H and O–H groups in total. The molecule has 0 spiro atoms. The van der Waals surface area contributed by atoms with Gasteiger partial charge in [0.25, 0.3) is 0 Å². The maximum atomic E-state index is 3.39. The number of nitrogens with one attached hydrogen (secondary N) is 1. The van der Waals surface area contributed by atoms with Crippen molar-refractivity contribution in [1.82, 2.24) is 5.32 Å². The highest BCUT2D eigenvalue weighted by molar-refractivity contribution is 5.55. The van der Waals surface area contributed by atoms with Crippen LogP contribution in [0.4, 0.5) is 5.69 Å². The third kappa shape index (κ3) is 2.38. The Bertz CT molecular complexity index is 331. The second-order valence-electron chi connectivity index (χ2n) is 4.57. The Hall–Kier alpha value is -1.02. The first-order chi connectivity index (χ1) is 7.85. The van der Waals surface area contributed by atoms with Crippen LogP contribution in [0.2, 0.25) is 0 Å². The van der Waals surface area contributed by atoms with Crippen molar-refractivity contribution in [3.63, 3.8) is 0 Å². The van der Waals surface area contributed by atoms with Crippen molar-refractivity contribution in [2.75, 3.05) is 25.0 Å². The van der Waals surface area contributed by atoms with Crippen LogP contribution in [0.3, 0.4) is 0 Å². The predicted molar refractivity (Wildman–Crippen MR) is 70.1 cm³/mol. The van der Waals surface area contributed by atoms with Crippen molar-refractivity contribution in [2.24, 2.45) is 0 Å². The van der Waals surface area contributed by atoms with Gasteiger partial charge in [0.2, 0.25) is 0 Å². The Morgan fingerprint density at radius 2 is 2.19 bits per heavy atom. The van der Waals surface area contributed by atoms with Crippen molar-refractivity contribution in [3.8, 4) is 0 Å². The van der Waals surface area contributed by atoms with Crippen LogP contribution in [0.25, 0.3) is 0 Å². The third-order valence-electron chi connectivity index (χ3n) is 3.55. The number of aryl methyl sites for hydroxylation is 1. The lowest BCUT2D eigenvalue weighted by atomic mass is 10.0. The number of likely N-dealkylation sites (N-methyl/N-ethyl adjacent to an activating group) is 1. The second kappa shape index (κ2) is 5.35. The van der Waals surface area contributed by atoms with Crippen LogP contribution in [-0.4, -0.2) is 26.2 Å². The molecule has 2 rings (SSSR count). The molecule has 1 atom stereocenters. The highest BCUT2D eigenvalue weighted by Crippen LogP contribution is 2.26. The zero-order valence-electron chi connectivity index (χ0n) is 10.4. The fourth-order valence-electron chi connectivity index (χ4n) is 2.49. The SMILES string of the molecule is CCC(CN1CCCc2ccccc21)NC. The van der Waals surface area contributed by atoms with Gasteiger partial charge in [0, 0.05) is 24.8 Å². The molecule has 1 unspecified atom stereocenters. The average Bonchev–Trinajstić information content (AvgIpc) is 2.36. The summed E-state index contributed by atoms with van der Waals surface area (Å²) in [6, 6.07) is 9.43. The fraction of sp³-hybridized carbons (Fsp3) is 0.571. The maximum absolute atomic E-state index is 3.39. The molecule has 0 aliphatic carbocycles. The molecule has 0 aromatic heterocycles. The lowest BCUT2D eigenvalue weighted by molar-refractivity contribution is 0.521. The molecule has 2 heteroatoms. The summed E-state index contributed by atoms with van der Waals surface area (Å²) in [7, 11) is 2.06. The lowest BCUT2D eigenvalue weighted by Crippen LogP contribution is -2.41. The molecule has 0 bridgehead atoms. The normalized spacial score (nSPS) is 17.0. The summed E-state index contributed by atoms with van der Waals surface area (Å²) in [4.78, 5) is 2.53. The first-order valence-electron chi connectivity index (χ1n) is 6.35. The Morgan fingerprint density at radius 3 is 2.94 bits per heavy atom. The van der Waals surface area contributed by atoms with Crippen molar-refractivity contribution < 1.29 is 0 Å². The molecule has 1 heterocycles. The Labute approximate surface area is 98.7 Å². The quantitative estimate of drug-likeness (QED) is 0.835. The van der Waals surface area contributed by atoms with Crippen molar-refractivity contribution in [3.05, 3.63) is 29.8 Å². The molecule has 16 heavy (non-hydrogen) atoms. The second-order valence-corrected chi connectivity index (χ2v) is 4.57. The van der Waals surface area contributed by atoms with E-state index in [1.54, 1.807) is 0 Å². The molecule has 0 amide bonds. The fourth-order valence-corrected chi connectivity index (χ4v) is 2.49. The highest BCUT2D eigenvalue weighted by atomic mass is 15.2. The van der Waals surface area contributed by atoms with Crippen LogP contribution in [0.15, 0.2) is 24.3 Å². The summed E-state index contributed by atoms with van der Waals surface area (Å²) in [6.45, 7) is 4.58. The van der Waals surface area contributed by atoms with E-state index in [9.17, 15) is 0 Å². The average molecular weight is 218 g/mol. The molecule has 1 aliphatic rings. The first-order valence-corrected chi connectivity index (χ1v) is 6.35. The number of para-hydroxylation sites is 1. The van der Waals surface area contributed by atoms with E-state index in [-0.39, 0.29) is 0 Å². The Kier molecular flexibility index (Phi) is 3.83.